The SMILES string of the molecule is CN(C)C(=O)[C@@H]1CN(C(=O)c2nn(Cc3ccccc3)c(=O)c3ccccc23)c2ccccc2O1. The Morgan fingerprint density at radius 2 is 1.60 bits per heavy atom. The van der Waals surface area contributed by atoms with Gasteiger partial charge in [-0.2, -0.15) is 5.10 Å². The lowest BCUT2D eigenvalue weighted by Gasteiger charge is -2.35. The molecular weight excluding hydrogens is 444 g/mol. The average Bonchev–Trinajstić information content (AvgIpc) is 2.89. The number of hydrogen-bond acceptors (Lipinski definition) is 5. The summed E-state index contributed by atoms with van der Waals surface area (Å²) in [7, 11) is 3.29. The highest BCUT2D eigenvalue weighted by atomic mass is 16.5. The number of ether oxygens (including phenoxy) is 1. The van der Waals surface area contributed by atoms with Crippen molar-refractivity contribution in [1.29, 1.82) is 0 Å². The quantitative estimate of drug-likeness (QED) is 0.460. The summed E-state index contributed by atoms with van der Waals surface area (Å²) in [6, 6.07) is 23.5. The van der Waals surface area contributed by atoms with Gasteiger partial charge in [-0.05, 0) is 23.8 Å². The van der Waals surface area contributed by atoms with Gasteiger partial charge in [0, 0.05) is 19.5 Å². The van der Waals surface area contributed by atoms with E-state index in [1.165, 1.54) is 14.5 Å². The number of carbonyl (C=O) groups is 2. The summed E-state index contributed by atoms with van der Waals surface area (Å²) in [5.41, 5.74) is 1.31. The number of para-hydroxylation sites is 2. The Bertz CT molecular complexity index is 1480. The molecule has 0 aliphatic carbocycles. The summed E-state index contributed by atoms with van der Waals surface area (Å²) in [6.07, 6.45) is -0.856. The summed E-state index contributed by atoms with van der Waals surface area (Å²) < 4.78 is 7.24. The number of likely N-dealkylation sites (N-methyl/N-ethyl adjacent to an activating group) is 1. The maximum absolute atomic E-state index is 14.0. The third kappa shape index (κ3) is 4.14. The van der Waals surface area contributed by atoms with Crippen molar-refractivity contribution < 1.29 is 14.3 Å². The van der Waals surface area contributed by atoms with E-state index in [1.54, 1.807) is 62.6 Å². The summed E-state index contributed by atoms with van der Waals surface area (Å²) in [6.45, 7) is 0.257. The normalized spacial score (nSPS) is 14.8. The van der Waals surface area contributed by atoms with Gasteiger partial charge in [-0.15, -0.1) is 0 Å². The standard InChI is InChI=1S/C27H24N4O4/c1-29(2)26(33)23-17-30(21-14-8-9-15-22(21)35-23)27(34)24-19-12-6-7-13-20(19)25(32)31(28-24)16-18-10-4-3-5-11-18/h3-15,23H,16-17H2,1-2H3/t23-/m0/s1. The third-order valence-corrected chi connectivity index (χ3v) is 5.98. The molecule has 8 nitrogen and oxygen atoms in total. The first kappa shape index (κ1) is 22.3. The molecule has 1 aliphatic heterocycles. The van der Waals surface area contributed by atoms with Gasteiger partial charge in [-0.1, -0.05) is 60.7 Å². The highest BCUT2D eigenvalue weighted by Crippen LogP contribution is 2.34. The second-order valence-electron chi connectivity index (χ2n) is 8.57. The van der Waals surface area contributed by atoms with Gasteiger partial charge < -0.3 is 9.64 Å². The maximum atomic E-state index is 14.0. The average molecular weight is 469 g/mol. The van der Waals surface area contributed by atoms with Crippen LogP contribution in [0.3, 0.4) is 0 Å². The van der Waals surface area contributed by atoms with Crippen LogP contribution in [-0.2, 0) is 11.3 Å². The molecule has 3 aromatic carbocycles. The molecule has 0 spiro atoms. The first-order valence-electron chi connectivity index (χ1n) is 11.3. The van der Waals surface area contributed by atoms with Crippen LogP contribution in [0.15, 0.2) is 83.7 Å². The molecule has 0 radical (unpaired) electrons. The van der Waals surface area contributed by atoms with Crippen LogP contribution in [0.4, 0.5) is 5.69 Å². The van der Waals surface area contributed by atoms with Crippen LogP contribution in [0.2, 0.25) is 0 Å². The molecular formula is C27H24N4O4. The molecule has 0 fully saturated rings. The molecule has 0 N–H and O–H groups in total. The Kier molecular flexibility index (Phi) is 5.78. The van der Waals surface area contributed by atoms with Gasteiger partial charge >= 0.3 is 0 Å². The lowest BCUT2D eigenvalue weighted by molar-refractivity contribution is -0.135. The third-order valence-electron chi connectivity index (χ3n) is 5.98. The molecule has 0 bridgehead atoms. The van der Waals surface area contributed by atoms with Crippen LogP contribution in [0, 0.1) is 0 Å². The van der Waals surface area contributed by atoms with E-state index in [1.807, 2.05) is 30.3 Å². The minimum atomic E-state index is -0.856. The van der Waals surface area contributed by atoms with E-state index in [9.17, 15) is 14.4 Å². The molecule has 0 saturated carbocycles. The van der Waals surface area contributed by atoms with Crippen molar-refractivity contribution in [1.82, 2.24) is 14.7 Å². The van der Waals surface area contributed by atoms with Gasteiger partial charge in [0.15, 0.2) is 11.8 Å². The van der Waals surface area contributed by atoms with Crippen molar-refractivity contribution in [3.63, 3.8) is 0 Å². The molecule has 2 heterocycles. The predicted molar refractivity (Wildman–Crippen MR) is 133 cm³/mol. The molecule has 2 amide bonds. The molecule has 35 heavy (non-hydrogen) atoms. The number of hydrogen-bond donors (Lipinski definition) is 0. The smallest absolute Gasteiger partial charge is 0.279 e. The number of nitrogens with zero attached hydrogens (tertiary/aromatic N) is 4. The van der Waals surface area contributed by atoms with Crippen molar-refractivity contribution in [3.05, 3.63) is 100 Å². The number of carbonyl (C=O) groups excluding carboxylic acids is 2. The lowest BCUT2D eigenvalue weighted by Crippen LogP contribution is -2.50. The van der Waals surface area contributed by atoms with Crippen LogP contribution < -0.4 is 15.2 Å². The van der Waals surface area contributed by atoms with Gasteiger partial charge in [-0.25, -0.2) is 4.68 Å². The van der Waals surface area contributed by atoms with E-state index in [0.29, 0.717) is 22.2 Å². The van der Waals surface area contributed by atoms with Crippen molar-refractivity contribution in [3.8, 4) is 5.75 Å². The number of anilines is 1. The first-order chi connectivity index (χ1) is 16.9. The number of rotatable bonds is 4. The van der Waals surface area contributed by atoms with Crippen LogP contribution in [0.25, 0.3) is 10.8 Å². The molecule has 5 rings (SSSR count). The predicted octanol–water partition coefficient (Wildman–Crippen LogP) is 2.94. The zero-order valence-electron chi connectivity index (χ0n) is 19.4. The van der Waals surface area contributed by atoms with Crippen LogP contribution in [-0.4, -0.2) is 53.2 Å². The Hall–Kier alpha value is -4.46. The Morgan fingerprint density at radius 3 is 2.34 bits per heavy atom. The van der Waals surface area contributed by atoms with Gasteiger partial charge in [0.2, 0.25) is 0 Å². The highest BCUT2D eigenvalue weighted by molar-refractivity contribution is 6.13. The van der Waals surface area contributed by atoms with Gasteiger partial charge in [0.05, 0.1) is 24.2 Å². The fourth-order valence-corrected chi connectivity index (χ4v) is 4.23. The molecule has 8 heteroatoms. The van der Waals surface area contributed by atoms with E-state index in [-0.39, 0.29) is 30.2 Å². The van der Waals surface area contributed by atoms with Crippen molar-refractivity contribution >= 4 is 28.3 Å². The fourth-order valence-electron chi connectivity index (χ4n) is 4.23. The van der Waals surface area contributed by atoms with Crippen molar-refractivity contribution in [2.24, 2.45) is 0 Å². The number of amides is 2. The van der Waals surface area contributed by atoms with E-state index < -0.39 is 12.0 Å². The summed E-state index contributed by atoms with van der Waals surface area (Å²) in [5.74, 6) is -0.214. The molecule has 0 unspecified atom stereocenters. The largest absolute Gasteiger partial charge is 0.476 e. The highest BCUT2D eigenvalue weighted by Gasteiger charge is 2.36. The van der Waals surface area contributed by atoms with Crippen LogP contribution >= 0.6 is 0 Å². The maximum Gasteiger partial charge on any atom is 0.279 e. The summed E-state index contributed by atoms with van der Waals surface area (Å²) in [4.78, 5) is 42.9. The Morgan fingerprint density at radius 1 is 0.943 bits per heavy atom. The van der Waals surface area contributed by atoms with Gasteiger partial charge in [0.1, 0.15) is 5.75 Å². The van der Waals surface area contributed by atoms with Crippen molar-refractivity contribution in [2.45, 2.75) is 12.6 Å². The Labute approximate surface area is 202 Å². The minimum Gasteiger partial charge on any atom is -0.476 e. The number of fused-ring (bicyclic) bond motifs is 2. The topological polar surface area (TPSA) is 84.7 Å². The van der Waals surface area contributed by atoms with E-state index in [2.05, 4.69) is 5.10 Å². The summed E-state index contributed by atoms with van der Waals surface area (Å²) in [5, 5.41) is 5.40. The molecule has 176 valence electrons. The van der Waals surface area contributed by atoms with Crippen molar-refractivity contribution in [2.75, 3.05) is 25.5 Å². The number of aromatic nitrogens is 2. The van der Waals surface area contributed by atoms with Crippen LogP contribution in [0.1, 0.15) is 16.1 Å². The second-order valence-corrected chi connectivity index (χ2v) is 8.57. The zero-order valence-corrected chi connectivity index (χ0v) is 19.4. The summed E-state index contributed by atoms with van der Waals surface area (Å²) >= 11 is 0. The second kappa shape index (κ2) is 9.06. The fraction of sp³-hybridized carbons (Fsp3) is 0.185. The molecule has 0 saturated heterocycles. The lowest BCUT2D eigenvalue weighted by atomic mass is 10.1. The monoisotopic (exact) mass is 468 g/mol. The van der Waals surface area contributed by atoms with E-state index in [0.717, 1.165) is 5.56 Å². The number of benzene rings is 3. The molecule has 4 aromatic rings. The molecule has 1 aromatic heterocycles. The minimum absolute atomic E-state index is 0.0285. The van der Waals surface area contributed by atoms with Crippen LogP contribution in [0.5, 0.6) is 5.75 Å². The molecule has 1 aliphatic rings. The van der Waals surface area contributed by atoms with Gasteiger partial charge in [0.25, 0.3) is 17.4 Å². The van der Waals surface area contributed by atoms with E-state index >= 15 is 0 Å². The first-order valence-corrected chi connectivity index (χ1v) is 11.3. The zero-order chi connectivity index (χ0) is 24.5. The Balaban J connectivity index is 1.63. The van der Waals surface area contributed by atoms with E-state index in [4.69, 9.17) is 4.74 Å². The van der Waals surface area contributed by atoms with Gasteiger partial charge in [-0.3, -0.25) is 19.3 Å². The molecule has 1 atom stereocenters.